The Kier molecular flexibility index (Phi) is 3.67. The average Bonchev–Trinajstić information content (AvgIpc) is 2.96. The van der Waals surface area contributed by atoms with Crippen molar-refractivity contribution in [1.29, 1.82) is 0 Å². The fourth-order valence-corrected chi connectivity index (χ4v) is 4.07. The van der Waals surface area contributed by atoms with Gasteiger partial charge in [-0.25, -0.2) is 9.67 Å². The maximum absolute atomic E-state index is 6.19. The van der Waals surface area contributed by atoms with Gasteiger partial charge in [-0.05, 0) is 45.8 Å². The third kappa shape index (κ3) is 2.10. The Hall–Kier alpha value is -1.17. The van der Waals surface area contributed by atoms with Crippen LogP contribution in [0.15, 0.2) is 0 Å². The van der Waals surface area contributed by atoms with Gasteiger partial charge in [0.15, 0.2) is 5.65 Å². The molecule has 1 aliphatic rings. The molecule has 0 radical (unpaired) electrons. The molecular weight excluding hydrogens is 270 g/mol. The highest BCUT2D eigenvalue weighted by Gasteiger charge is 2.27. The van der Waals surface area contributed by atoms with Gasteiger partial charge in [0.25, 0.3) is 0 Å². The lowest BCUT2D eigenvalue weighted by Gasteiger charge is -2.29. The molecule has 5 nitrogen and oxygen atoms in total. The second-order valence-corrected chi connectivity index (χ2v) is 6.72. The van der Waals surface area contributed by atoms with E-state index >= 15 is 0 Å². The molecule has 2 aromatic heterocycles. The zero-order valence-electron chi connectivity index (χ0n) is 12.5. The number of hydrogen-bond acceptors (Lipinski definition) is 4. The summed E-state index contributed by atoms with van der Waals surface area (Å²) < 4.78 is 4.27. The monoisotopic (exact) mass is 293 g/mol. The van der Waals surface area contributed by atoms with E-state index in [1.807, 2.05) is 23.4 Å². The minimum Gasteiger partial charge on any atom is -0.369 e. The quantitative estimate of drug-likeness (QED) is 0.945. The van der Waals surface area contributed by atoms with Gasteiger partial charge in [0, 0.05) is 17.8 Å². The SMILES string of the molecule is CCn1nc(C)c2nc(N)n(C3CCC(SC)CC3)c21. The van der Waals surface area contributed by atoms with Crippen LogP contribution in [0.2, 0.25) is 0 Å². The summed E-state index contributed by atoms with van der Waals surface area (Å²) in [5.41, 5.74) is 9.25. The smallest absolute Gasteiger partial charge is 0.202 e. The summed E-state index contributed by atoms with van der Waals surface area (Å²) >= 11 is 1.99. The molecule has 0 aliphatic heterocycles. The molecule has 2 aromatic rings. The number of nitrogens with zero attached hydrogens (tertiary/aromatic N) is 4. The highest BCUT2D eigenvalue weighted by molar-refractivity contribution is 7.99. The normalized spacial score (nSPS) is 23.6. The van der Waals surface area contributed by atoms with E-state index in [0.29, 0.717) is 12.0 Å². The molecule has 1 aliphatic carbocycles. The summed E-state index contributed by atoms with van der Waals surface area (Å²) in [4.78, 5) is 4.55. The summed E-state index contributed by atoms with van der Waals surface area (Å²) in [6, 6.07) is 0.477. The van der Waals surface area contributed by atoms with Crippen LogP contribution in [0.4, 0.5) is 5.95 Å². The summed E-state index contributed by atoms with van der Waals surface area (Å²) in [7, 11) is 0. The summed E-state index contributed by atoms with van der Waals surface area (Å²) in [6.07, 6.45) is 7.13. The topological polar surface area (TPSA) is 61.7 Å². The van der Waals surface area contributed by atoms with Crippen molar-refractivity contribution in [3.05, 3.63) is 5.69 Å². The molecule has 0 atom stereocenters. The lowest BCUT2D eigenvalue weighted by molar-refractivity contribution is 0.365. The van der Waals surface area contributed by atoms with Gasteiger partial charge < -0.3 is 5.73 Å². The van der Waals surface area contributed by atoms with Gasteiger partial charge in [-0.3, -0.25) is 4.57 Å². The molecule has 0 unspecified atom stereocenters. The molecular formula is C14H23N5S. The number of aryl methyl sites for hydroxylation is 2. The van der Waals surface area contributed by atoms with Crippen LogP contribution in [0.5, 0.6) is 0 Å². The Balaban J connectivity index is 2.01. The van der Waals surface area contributed by atoms with Gasteiger partial charge in [-0.1, -0.05) is 0 Å². The minimum absolute atomic E-state index is 0.477. The first kappa shape index (κ1) is 13.8. The number of aromatic nitrogens is 4. The van der Waals surface area contributed by atoms with Crippen LogP contribution < -0.4 is 5.73 Å². The number of anilines is 1. The first-order chi connectivity index (χ1) is 9.65. The van der Waals surface area contributed by atoms with Gasteiger partial charge in [0.1, 0.15) is 5.52 Å². The number of imidazole rings is 1. The average molecular weight is 293 g/mol. The van der Waals surface area contributed by atoms with E-state index in [1.54, 1.807) is 0 Å². The van der Waals surface area contributed by atoms with Gasteiger partial charge in [-0.15, -0.1) is 0 Å². The Morgan fingerprint density at radius 3 is 2.60 bits per heavy atom. The fourth-order valence-electron chi connectivity index (χ4n) is 3.33. The molecule has 2 N–H and O–H groups in total. The summed E-state index contributed by atoms with van der Waals surface area (Å²) in [5, 5.41) is 5.38. The van der Waals surface area contributed by atoms with Crippen molar-refractivity contribution < 1.29 is 0 Å². The van der Waals surface area contributed by atoms with Crippen LogP contribution in [-0.4, -0.2) is 30.8 Å². The Labute approximate surface area is 123 Å². The zero-order chi connectivity index (χ0) is 14.3. The summed E-state index contributed by atoms with van der Waals surface area (Å²) in [6.45, 7) is 4.98. The van der Waals surface area contributed by atoms with Crippen LogP contribution in [0.25, 0.3) is 11.2 Å². The molecule has 1 fully saturated rings. The lowest BCUT2D eigenvalue weighted by atomic mass is 9.95. The number of nitrogens with two attached hydrogens (primary N) is 1. The largest absolute Gasteiger partial charge is 0.369 e. The third-order valence-electron chi connectivity index (χ3n) is 4.41. The van der Waals surface area contributed by atoms with Crippen LogP contribution in [0, 0.1) is 6.92 Å². The Morgan fingerprint density at radius 1 is 1.30 bits per heavy atom. The van der Waals surface area contributed by atoms with E-state index in [1.165, 1.54) is 25.7 Å². The number of hydrogen-bond donors (Lipinski definition) is 1. The number of fused-ring (bicyclic) bond motifs is 1. The second-order valence-electron chi connectivity index (χ2n) is 5.58. The molecule has 2 heterocycles. The van der Waals surface area contributed by atoms with Gasteiger partial charge in [0.05, 0.1) is 5.69 Å². The van der Waals surface area contributed by atoms with Gasteiger partial charge in [0.2, 0.25) is 5.95 Å². The summed E-state index contributed by atoms with van der Waals surface area (Å²) in [5.74, 6) is 0.648. The Bertz CT molecular complexity index is 607. The van der Waals surface area contributed by atoms with E-state index in [2.05, 4.69) is 27.8 Å². The van der Waals surface area contributed by atoms with Crippen LogP contribution in [0.1, 0.15) is 44.3 Å². The van der Waals surface area contributed by atoms with Crippen molar-refractivity contribution in [2.45, 2.75) is 57.4 Å². The van der Waals surface area contributed by atoms with Crippen molar-refractivity contribution >= 4 is 28.9 Å². The van der Waals surface area contributed by atoms with E-state index < -0.39 is 0 Å². The number of rotatable bonds is 3. The predicted molar refractivity (Wildman–Crippen MR) is 85.1 cm³/mol. The molecule has 0 spiro atoms. The van der Waals surface area contributed by atoms with Gasteiger partial charge >= 0.3 is 0 Å². The maximum atomic E-state index is 6.19. The first-order valence-corrected chi connectivity index (χ1v) is 8.68. The molecule has 6 heteroatoms. The van der Waals surface area contributed by atoms with Gasteiger partial charge in [-0.2, -0.15) is 16.9 Å². The standard InChI is InChI=1S/C14H23N5S/c1-4-18-13-12(9(2)17-18)16-14(15)19(13)10-5-7-11(20-3)8-6-10/h10-11H,4-8H2,1-3H3,(H2,15,16). The van der Waals surface area contributed by atoms with E-state index in [-0.39, 0.29) is 0 Å². The molecule has 110 valence electrons. The van der Waals surface area contributed by atoms with Crippen molar-refractivity contribution in [3.8, 4) is 0 Å². The number of nitrogen functional groups attached to an aromatic ring is 1. The highest BCUT2D eigenvalue weighted by atomic mass is 32.2. The van der Waals surface area contributed by atoms with Crippen molar-refractivity contribution in [1.82, 2.24) is 19.3 Å². The molecule has 0 saturated heterocycles. The maximum Gasteiger partial charge on any atom is 0.202 e. The molecule has 1 saturated carbocycles. The first-order valence-electron chi connectivity index (χ1n) is 7.39. The van der Waals surface area contributed by atoms with Crippen LogP contribution in [0.3, 0.4) is 0 Å². The third-order valence-corrected chi connectivity index (χ3v) is 5.55. The van der Waals surface area contributed by atoms with E-state index in [0.717, 1.165) is 28.7 Å². The lowest BCUT2D eigenvalue weighted by Crippen LogP contribution is -2.21. The molecule has 0 amide bonds. The van der Waals surface area contributed by atoms with Crippen LogP contribution in [-0.2, 0) is 6.54 Å². The zero-order valence-corrected chi connectivity index (χ0v) is 13.3. The molecule has 3 rings (SSSR count). The molecule has 0 aromatic carbocycles. The second kappa shape index (κ2) is 5.31. The van der Waals surface area contributed by atoms with Crippen molar-refractivity contribution in [2.24, 2.45) is 0 Å². The predicted octanol–water partition coefficient (Wildman–Crippen LogP) is 2.99. The molecule has 20 heavy (non-hydrogen) atoms. The van der Waals surface area contributed by atoms with Crippen molar-refractivity contribution in [3.63, 3.8) is 0 Å². The highest BCUT2D eigenvalue weighted by Crippen LogP contribution is 2.37. The fraction of sp³-hybridized carbons (Fsp3) is 0.714. The van der Waals surface area contributed by atoms with Crippen LogP contribution >= 0.6 is 11.8 Å². The Morgan fingerprint density at radius 2 is 2.00 bits per heavy atom. The minimum atomic E-state index is 0.477. The number of thioether (sulfide) groups is 1. The molecule has 0 bridgehead atoms. The van der Waals surface area contributed by atoms with E-state index in [9.17, 15) is 0 Å². The van der Waals surface area contributed by atoms with E-state index in [4.69, 9.17) is 5.73 Å². The van der Waals surface area contributed by atoms with Crippen molar-refractivity contribution in [2.75, 3.05) is 12.0 Å².